The van der Waals surface area contributed by atoms with Crippen LogP contribution in [0.4, 0.5) is 0 Å². The first-order chi connectivity index (χ1) is 5.42. The highest BCUT2D eigenvalue weighted by atomic mass is 15.1. The second-order valence-corrected chi connectivity index (χ2v) is 2.97. The van der Waals surface area contributed by atoms with Crippen LogP contribution in [0.1, 0.15) is 6.42 Å². The average Bonchev–Trinajstić information content (AvgIpc) is 2.47. The number of dihydropyridines is 1. The lowest BCUT2D eigenvalue weighted by Crippen LogP contribution is -2.14. The highest BCUT2D eigenvalue weighted by Gasteiger charge is 2.26. The average molecular weight is 148 g/mol. The quantitative estimate of drug-likeness (QED) is 0.549. The molecule has 2 nitrogen and oxygen atoms in total. The van der Waals surface area contributed by atoms with Crippen LogP contribution in [0.3, 0.4) is 0 Å². The lowest BCUT2D eigenvalue weighted by molar-refractivity contribution is 0.530. The summed E-state index contributed by atoms with van der Waals surface area (Å²) in [4.78, 5) is 6.44. The van der Waals surface area contributed by atoms with Gasteiger partial charge in [0.2, 0.25) is 0 Å². The molecular formula is C9H12N2. The lowest BCUT2D eigenvalue weighted by atomic mass is 10.0. The minimum atomic E-state index is 0.665. The fourth-order valence-corrected chi connectivity index (χ4v) is 1.74. The summed E-state index contributed by atoms with van der Waals surface area (Å²) in [6.45, 7) is 5.86. The smallest absolute Gasteiger partial charge is 0.0473 e. The molecule has 11 heavy (non-hydrogen) atoms. The molecule has 1 saturated heterocycles. The van der Waals surface area contributed by atoms with Crippen LogP contribution in [0.25, 0.3) is 0 Å². The van der Waals surface area contributed by atoms with Gasteiger partial charge in [0.05, 0.1) is 0 Å². The van der Waals surface area contributed by atoms with E-state index in [4.69, 9.17) is 0 Å². The van der Waals surface area contributed by atoms with Gasteiger partial charge in [0.15, 0.2) is 0 Å². The molecule has 0 N–H and O–H groups in total. The summed E-state index contributed by atoms with van der Waals surface area (Å²) in [6, 6.07) is 0. The Morgan fingerprint density at radius 2 is 2.64 bits per heavy atom. The Labute approximate surface area is 66.9 Å². The Bertz CT molecular complexity index is 228. The van der Waals surface area contributed by atoms with Crippen molar-refractivity contribution in [1.82, 2.24) is 4.90 Å². The van der Waals surface area contributed by atoms with E-state index in [1.54, 1.807) is 0 Å². The molecule has 0 aromatic carbocycles. The molecule has 2 aliphatic heterocycles. The fraction of sp³-hybridized carbons (Fsp3) is 0.444. The van der Waals surface area contributed by atoms with E-state index >= 15 is 0 Å². The lowest BCUT2D eigenvalue weighted by Gasteiger charge is -2.18. The number of fused-ring (bicyclic) bond motifs is 1. The summed E-state index contributed by atoms with van der Waals surface area (Å²) in [7, 11) is 0. The SMILES string of the molecule is C=CN1CCC2CN=CC=C21. The molecule has 0 saturated carbocycles. The van der Waals surface area contributed by atoms with Gasteiger partial charge < -0.3 is 4.90 Å². The predicted octanol–water partition coefficient (Wildman–Crippen LogP) is 1.42. The standard InChI is InChI=1S/C9H12N2/c1-2-11-6-4-8-7-10-5-3-9(8)11/h2-3,5,8H,1,4,6-7H2. The first kappa shape index (κ1) is 6.65. The molecule has 2 aliphatic rings. The van der Waals surface area contributed by atoms with Gasteiger partial charge in [-0.2, -0.15) is 0 Å². The third-order valence-electron chi connectivity index (χ3n) is 2.37. The molecule has 0 amide bonds. The molecule has 0 aromatic rings. The zero-order valence-electron chi connectivity index (χ0n) is 6.53. The van der Waals surface area contributed by atoms with E-state index in [0.29, 0.717) is 5.92 Å². The van der Waals surface area contributed by atoms with Crippen molar-refractivity contribution < 1.29 is 0 Å². The normalized spacial score (nSPS) is 28.2. The Morgan fingerprint density at radius 3 is 3.45 bits per heavy atom. The Morgan fingerprint density at radius 1 is 1.73 bits per heavy atom. The largest absolute Gasteiger partial charge is 0.352 e. The number of hydrogen-bond acceptors (Lipinski definition) is 2. The van der Waals surface area contributed by atoms with Crippen LogP contribution in [-0.2, 0) is 0 Å². The van der Waals surface area contributed by atoms with E-state index in [1.165, 1.54) is 12.1 Å². The highest BCUT2D eigenvalue weighted by molar-refractivity contribution is 5.73. The van der Waals surface area contributed by atoms with Gasteiger partial charge >= 0.3 is 0 Å². The first-order valence-corrected chi connectivity index (χ1v) is 4.01. The van der Waals surface area contributed by atoms with Crippen molar-refractivity contribution in [2.75, 3.05) is 13.1 Å². The minimum absolute atomic E-state index is 0.665. The molecule has 1 atom stereocenters. The van der Waals surface area contributed by atoms with Gasteiger partial charge in [0.1, 0.15) is 0 Å². The topological polar surface area (TPSA) is 15.6 Å². The third-order valence-corrected chi connectivity index (χ3v) is 2.37. The maximum absolute atomic E-state index is 4.23. The second-order valence-electron chi connectivity index (χ2n) is 2.97. The van der Waals surface area contributed by atoms with E-state index in [-0.39, 0.29) is 0 Å². The fourth-order valence-electron chi connectivity index (χ4n) is 1.74. The molecule has 1 fully saturated rings. The molecule has 2 heterocycles. The van der Waals surface area contributed by atoms with E-state index < -0.39 is 0 Å². The zero-order valence-corrected chi connectivity index (χ0v) is 6.53. The summed E-state index contributed by atoms with van der Waals surface area (Å²) in [5.41, 5.74) is 1.40. The van der Waals surface area contributed by atoms with Crippen LogP contribution in [-0.4, -0.2) is 24.2 Å². The monoisotopic (exact) mass is 148 g/mol. The van der Waals surface area contributed by atoms with Crippen LogP contribution in [0, 0.1) is 5.92 Å². The number of aliphatic imine (C=N–C) groups is 1. The van der Waals surface area contributed by atoms with E-state index in [0.717, 1.165) is 13.1 Å². The van der Waals surface area contributed by atoms with Crippen molar-refractivity contribution >= 4 is 6.21 Å². The summed E-state index contributed by atoms with van der Waals surface area (Å²) in [5.74, 6) is 0.665. The zero-order chi connectivity index (χ0) is 7.68. The summed E-state index contributed by atoms with van der Waals surface area (Å²) in [5, 5.41) is 0. The van der Waals surface area contributed by atoms with Crippen LogP contribution >= 0.6 is 0 Å². The van der Waals surface area contributed by atoms with Crippen LogP contribution in [0.15, 0.2) is 29.5 Å². The molecule has 2 heteroatoms. The van der Waals surface area contributed by atoms with Gasteiger partial charge in [0.25, 0.3) is 0 Å². The van der Waals surface area contributed by atoms with E-state index in [2.05, 4.69) is 22.5 Å². The Balaban J connectivity index is 2.25. The van der Waals surface area contributed by atoms with Gasteiger partial charge in [-0.1, -0.05) is 6.58 Å². The van der Waals surface area contributed by atoms with Crippen molar-refractivity contribution in [1.29, 1.82) is 0 Å². The van der Waals surface area contributed by atoms with Crippen molar-refractivity contribution in [3.63, 3.8) is 0 Å². The van der Waals surface area contributed by atoms with E-state index in [9.17, 15) is 0 Å². The molecule has 0 aliphatic carbocycles. The second kappa shape index (κ2) is 2.53. The maximum atomic E-state index is 4.23. The van der Waals surface area contributed by atoms with Gasteiger partial charge in [-0.25, -0.2) is 0 Å². The molecule has 0 aromatic heterocycles. The Kier molecular flexibility index (Phi) is 1.53. The molecule has 0 spiro atoms. The van der Waals surface area contributed by atoms with Crippen LogP contribution in [0.5, 0.6) is 0 Å². The molecule has 0 radical (unpaired) electrons. The molecule has 58 valence electrons. The summed E-state index contributed by atoms with van der Waals surface area (Å²) < 4.78 is 0. The third kappa shape index (κ3) is 0.985. The molecule has 1 unspecified atom stereocenters. The molecular weight excluding hydrogens is 136 g/mol. The number of hydrogen-bond donors (Lipinski definition) is 0. The summed E-state index contributed by atoms with van der Waals surface area (Å²) in [6.07, 6.45) is 7.14. The highest BCUT2D eigenvalue weighted by Crippen LogP contribution is 2.29. The first-order valence-electron chi connectivity index (χ1n) is 4.01. The Hall–Kier alpha value is -1.05. The number of allylic oxidation sites excluding steroid dienone is 1. The van der Waals surface area contributed by atoms with Crippen molar-refractivity contribution in [2.24, 2.45) is 10.9 Å². The van der Waals surface area contributed by atoms with Gasteiger partial charge in [-0.15, -0.1) is 0 Å². The van der Waals surface area contributed by atoms with Crippen molar-refractivity contribution in [3.05, 3.63) is 24.6 Å². The maximum Gasteiger partial charge on any atom is 0.0473 e. The van der Waals surface area contributed by atoms with Crippen molar-refractivity contribution in [3.8, 4) is 0 Å². The van der Waals surface area contributed by atoms with Crippen molar-refractivity contribution in [2.45, 2.75) is 6.42 Å². The van der Waals surface area contributed by atoms with Crippen LogP contribution < -0.4 is 0 Å². The molecule has 0 bridgehead atoms. The number of rotatable bonds is 1. The number of nitrogens with zero attached hydrogens (tertiary/aromatic N) is 2. The van der Waals surface area contributed by atoms with E-state index in [1.807, 2.05) is 12.4 Å². The molecule has 2 rings (SSSR count). The number of likely N-dealkylation sites (tertiary alicyclic amines) is 1. The summed E-state index contributed by atoms with van der Waals surface area (Å²) >= 11 is 0. The minimum Gasteiger partial charge on any atom is -0.352 e. The van der Waals surface area contributed by atoms with Crippen LogP contribution in [0.2, 0.25) is 0 Å². The van der Waals surface area contributed by atoms with Gasteiger partial charge in [-0.3, -0.25) is 4.99 Å². The van der Waals surface area contributed by atoms with Gasteiger partial charge in [-0.05, 0) is 18.7 Å². The van der Waals surface area contributed by atoms with Gasteiger partial charge in [0, 0.05) is 30.9 Å². The predicted molar refractivity (Wildman–Crippen MR) is 46.5 cm³/mol.